The third-order valence-corrected chi connectivity index (χ3v) is 7.56. The first-order valence-electron chi connectivity index (χ1n) is 13.6. The molecule has 212 valence electrons. The van der Waals surface area contributed by atoms with Gasteiger partial charge in [-0.15, -0.1) is 0 Å². The zero-order valence-corrected chi connectivity index (χ0v) is 23.5. The highest BCUT2D eigenvalue weighted by Gasteiger charge is 2.45. The number of hydrogen-bond acceptors (Lipinski definition) is 7. The van der Waals surface area contributed by atoms with E-state index in [-0.39, 0.29) is 17.1 Å². The van der Waals surface area contributed by atoms with E-state index >= 15 is 4.39 Å². The maximum Gasteiger partial charge on any atom is 0.222 e. The SMILES string of the molecule is COc1cc2c(Oc3cc(C)c(N)c(C=C(C)C)c3F)ccnc2cc1OCCCC(=O)N1CCC2(COC2)C1. The largest absolute Gasteiger partial charge is 0.493 e. The number of pyridine rings is 1. The lowest BCUT2D eigenvalue weighted by molar-refractivity contribution is -0.135. The summed E-state index contributed by atoms with van der Waals surface area (Å²) >= 11 is 0. The molecule has 2 aliphatic rings. The number of aromatic nitrogens is 1. The standard InChI is InChI=1S/C31H36FN3O5/c1-19(2)12-22-29(32)27(13-20(3)30(22)33)40-24-7-9-34-23-15-26(25(37-4)14-21(23)24)39-11-5-6-28(36)35-10-8-31(16-35)17-38-18-31/h7,9,12-15H,5-6,8,10-11,16-18,33H2,1-4H3. The number of methoxy groups -OCH3 is 1. The summed E-state index contributed by atoms with van der Waals surface area (Å²) in [7, 11) is 1.55. The van der Waals surface area contributed by atoms with E-state index in [9.17, 15) is 4.79 Å². The smallest absolute Gasteiger partial charge is 0.222 e. The summed E-state index contributed by atoms with van der Waals surface area (Å²) in [4.78, 5) is 19.1. The van der Waals surface area contributed by atoms with Crippen LogP contribution >= 0.6 is 0 Å². The number of nitrogen functional groups attached to an aromatic ring is 1. The number of benzene rings is 2. The lowest BCUT2D eigenvalue weighted by Gasteiger charge is -2.37. The fraction of sp³-hybridized carbons (Fsp3) is 0.419. The molecule has 0 radical (unpaired) electrons. The summed E-state index contributed by atoms with van der Waals surface area (Å²) in [6.45, 7) is 9.05. The Labute approximate surface area is 233 Å². The van der Waals surface area contributed by atoms with Gasteiger partial charge in [-0.3, -0.25) is 9.78 Å². The van der Waals surface area contributed by atoms with Gasteiger partial charge < -0.3 is 29.6 Å². The van der Waals surface area contributed by atoms with E-state index in [0.29, 0.717) is 58.9 Å². The molecule has 0 bridgehead atoms. The summed E-state index contributed by atoms with van der Waals surface area (Å²) in [5.74, 6) is 1.12. The van der Waals surface area contributed by atoms with Gasteiger partial charge in [0.2, 0.25) is 5.91 Å². The third-order valence-electron chi connectivity index (χ3n) is 7.56. The van der Waals surface area contributed by atoms with Gasteiger partial charge in [-0.2, -0.15) is 0 Å². The highest BCUT2D eigenvalue weighted by molar-refractivity contribution is 5.88. The molecule has 2 fully saturated rings. The van der Waals surface area contributed by atoms with E-state index in [1.54, 1.807) is 43.6 Å². The molecule has 1 aromatic heterocycles. The molecular weight excluding hydrogens is 513 g/mol. The lowest BCUT2D eigenvalue weighted by Crippen LogP contribution is -2.45. The van der Waals surface area contributed by atoms with Crippen LogP contribution < -0.4 is 19.9 Å². The third kappa shape index (κ3) is 5.56. The van der Waals surface area contributed by atoms with E-state index in [4.69, 9.17) is 24.7 Å². The monoisotopic (exact) mass is 549 g/mol. The number of allylic oxidation sites excluding steroid dienone is 1. The van der Waals surface area contributed by atoms with E-state index in [0.717, 1.165) is 43.9 Å². The van der Waals surface area contributed by atoms with Crippen LogP contribution in [0.5, 0.6) is 23.0 Å². The number of hydrogen-bond donors (Lipinski definition) is 1. The van der Waals surface area contributed by atoms with Crippen molar-refractivity contribution in [2.75, 3.05) is 45.8 Å². The molecule has 2 saturated heterocycles. The zero-order chi connectivity index (χ0) is 28.4. The molecular formula is C31H36FN3O5. The summed E-state index contributed by atoms with van der Waals surface area (Å²) in [5, 5.41) is 0.641. The number of carbonyl (C=O) groups is 1. The van der Waals surface area contributed by atoms with Gasteiger partial charge in [0.15, 0.2) is 23.1 Å². The van der Waals surface area contributed by atoms with Gasteiger partial charge in [0.1, 0.15) is 5.75 Å². The fourth-order valence-corrected chi connectivity index (χ4v) is 5.25. The van der Waals surface area contributed by atoms with Gasteiger partial charge >= 0.3 is 0 Å². The number of rotatable bonds is 9. The first-order chi connectivity index (χ1) is 19.2. The van der Waals surface area contributed by atoms with Crippen molar-refractivity contribution in [2.24, 2.45) is 5.41 Å². The minimum absolute atomic E-state index is 0.0735. The first-order valence-corrected chi connectivity index (χ1v) is 13.6. The molecule has 2 aliphatic heterocycles. The second-order valence-corrected chi connectivity index (χ2v) is 11.0. The normalized spacial score (nSPS) is 15.7. The number of anilines is 1. The average Bonchev–Trinajstić information content (AvgIpc) is 3.38. The van der Waals surface area contributed by atoms with E-state index in [2.05, 4.69) is 4.98 Å². The number of nitrogens with two attached hydrogens (primary N) is 1. The van der Waals surface area contributed by atoms with Crippen molar-refractivity contribution in [1.29, 1.82) is 0 Å². The van der Waals surface area contributed by atoms with Crippen molar-refractivity contribution in [3.8, 4) is 23.0 Å². The van der Waals surface area contributed by atoms with E-state index < -0.39 is 5.82 Å². The van der Waals surface area contributed by atoms with Crippen LogP contribution in [0.2, 0.25) is 0 Å². The molecule has 9 heteroatoms. The lowest BCUT2D eigenvalue weighted by atomic mass is 9.85. The number of fused-ring (bicyclic) bond motifs is 1. The molecule has 1 amide bonds. The Morgan fingerprint density at radius 1 is 1.20 bits per heavy atom. The van der Waals surface area contributed by atoms with Crippen molar-refractivity contribution in [3.63, 3.8) is 0 Å². The Morgan fingerprint density at radius 2 is 2.00 bits per heavy atom. The summed E-state index contributed by atoms with van der Waals surface area (Å²) < 4.78 is 38.4. The van der Waals surface area contributed by atoms with E-state index in [1.165, 1.54) is 0 Å². The number of likely N-dealkylation sites (tertiary alicyclic amines) is 1. The summed E-state index contributed by atoms with van der Waals surface area (Å²) in [6.07, 6.45) is 5.33. The first kappa shape index (κ1) is 27.7. The van der Waals surface area contributed by atoms with Crippen LogP contribution in [0.15, 0.2) is 36.0 Å². The van der Waals surface area contributed by atoms with Gasteiger partial charge in [-0.1, -0.05) is 11.6 Å². The number of nitrogens with zero attached hydrogens (tertiary/aromatic N) is 2. The Morgan fingerprint density at radius 3 is 2.67 bits per heavy atom. The molecule has 1 spiro atoms. The van der Waals surface area contributed by atoms with Crippen molar-refractivity contribution in [2.45, 2.75) is 40.0 Å². The number of ether oxygens (including phenoxy) is 4. The van der Waals surface area contributed by atoms with Gasteiger partial charge in [-0.25, -0.2) is 4.39 Å². The van der Waals surface area contributed by atoms with Crippen LogP contribution in [-0.4, -0.2) is 55.8 Å². The van der Waals surface area contributed by atoms with Crippen LogP contribution in [0.25, 0.3) is 17.0 Å². The predicted octanol–water partition coefficient (Wildman–Crippen LogP) is 5.90. The Hall–Kier alpha value is -3.85. The van der Waals surface area contributed by atoms with Crippen molar-refractivity contribution < 1.29 is 28.1 Å². The minimum Gasteiger partial charge on any atom is -0.493 e. The molecule has 0 unspecified atom stereocenters. The Bertz CT molecular complexity index is 1460. The highest BCUT2D eigenvalue weighted by atomic mass is 19.1. The molecule has 0 atom stereocenters. The molecule has 3 heterocycles. The molecule has 5 rings (SSSR count). The minimum atomic E-state index is -0.527. The molecule has 2 aromatic carbocycles. The Kier molecular flexibility index (Phi) is 7.85. The highest BCUT2D eigenvalue weighted by Crippen LogP contribution is 2.40. The molecule has 2 N–H and O–H groups in total. The fourth-order valence-electron chi connectivity index (χ4n) is 5.25. The molecule has 0 aliphatic carbocycles. The van der Waals surface area contributed by atoms with Crippen LogP contribution in [0.4, 0.5) is 10.1 Å². The quantitative estimate of drug-likeness (QED) is 0.262. The van der Waals surface area contributed by atoms with E-state index in [1.807, 2.05) is 25.7 Å². The second-order valence-electron chi connectivity index (χ2n) is 11.0. The summed E-state index contributed by atoms with van der Waals surface area (Å²) in [5.41, 5.74) is 9.27. The van der Waals surface area contributed by atoms with Crippen LogP contribution in [0.1, 0.15) is 44.2 Å². The van der Waals surface area contributed by atoms with Crippen molar-refractivity contribution >= 4 is 28.6 Å². The molecule has 0 saturated carbocycles. The zero-order valence-electron chi connectivity index (χ0n) is 23.5. The van der Waals surface area contributed by atoms with Crippen molar-refractivity contribution in [3.05, 3.63) is 53.0 Å². The van der Waals surface area contributed by atoms with Gasteiger partial charge in [0.05, 0.1) is 32.4 Å². The topological polar surface area (TPSA) is 96.1 Å². The van der Waals surface area contributed by atoms with Crippen LogP contribution in [-0.2, 0) is 9.53 Å². The molecule has 8 nitrogen and oxygen atoms in total. The second kappa shape index (κ2) is 11.3. The maximum absolute atomic E-state index is 15.4. The number of halogens is 1. The van der Waals surface area contributed by atoms with Crippen LogP contribution in [0.3, 0.4) is 0 Å². The van der Waals surface area contributed by atoms with Gasteiger partial charge in [0.25, 0.3) is 0 Å². The summed E-state index contributed by atoms with van der Waals surface area (Å²) in [6, 6.07) is 6.81. The Balaban J connectivity index is 1.29. The molecule has 40 heavy (non-hydrogen) atoms. The number of carbonyl (C=O) groups excluding carboxylic acids is 1. The predicted molar refractivity (Wildman–Crippen MR) is 152 cm³/mol. The van der Waals surface area contributed by atoms with Gasteiger partial charge in [0, 0.05) is 53.8 Å². The number of amides is 1. The number of aryl methyl sites for hydroxylation is 1. The van der Waals surface area contributed by atoms with Crippen molar-refractivity contribution in [1.82, 2.24) is 9.88 Å². The average molecular weight is 550 g/mol. The maximum atomic E-state index is 15.4. The van der Waals surface area contributed by atoms with Crippen LogP contribution in [0, 0.1) is 18.2 Å². The van der Waals surface area contributed by atoms with Gasteiger partial charge in [-0.05, 0) is 57.4 Å². The molecule has 3 aromatic rings.